The number of nitrogens with zero attached hydrogens (tertiary/aromatic N) is 1. The summed E-state index contributed by atoms with van der Waals surface area (Å²) in [6.45, 7) is 7.86. The van der Waals surface area contributed by atoms with Gasteiger partial charge in [0.05, 0.1) is 10.7 Å². The SMILES string of the molecule is CCCNC1CCN(c2ccccc2Cl)CC1C. The predicted octanol–water partition coefficient (Wildman–Crippen LogP) is 3.55. The lowest BCUT2D eigenvalue weighted by Crippen LogP contribution is -2.48. The lowest BCUT2D eigenvalue weighted by atomic mass is 9.93. The molecule has 1 aromatic carbocycles. The summed E-state index contributed by atoms with van der Waals surface area (Å²) in [4.78, 5) is 2.41. The Balaban J connectivity index is 1.98. The van der Waals surface area contributed by atoms with Crippen molar-refractivity contribution in [2.45, 2.75) is 32.7 Å². The van der Waals surface area contributed by atoms with Gasteiger partial charge in [-0.3, -0.25) is 0 Å². The van der Waals surface area contributed by atoms with Crippen LogP contribution in [0.3, 0.4) is 0 Å². The molecular formula is C15H23ClN2. The quantitative estimate of drug-likeness (QED) is 0.897. The molecule has 1 aromatic rings. The van der Waals surface area contributed by atoms with E-state index >= 15 is 0 Å². The van der Waals surface area contributed by atoms with Crippen molar-refractivity contribution in [3.63, 3.8) is 0 Å². The molecule has 1 N–H and O–H groups in total. The minimum atomic E-state index is 0.656. The van der Waals surface area contributed by atoms with Crippen molar-refractivity contribution < 1.29 is 0 Å². The zero-order chi connectivity index (χ0) is 13.0. The Morgan fingerprint density at radius 2 is 2.17 bits per heavy atom. The van der Waals surface area contributed by atoms with Crippen molar-refractivity contribution in [3.05, 3.63) is 29.3 Å². The van der Waals surface area contributed by atoms with E-state index in [2.05, 4.69) is 36.2 Å². The number of hydrogen-bond acceptors (Lipinski definition) is 2. The third-order valence-corrected chi connectivity index (χ3v) is 4.07. The molecule has 3 heteroatoms. The van der Waals surface area contributed by atoms with Crippen molar-refractivity contribution in [1.82, 2.24) is 5.32 Å². The van der Waals surface area contributed by atoms with Gasteiger partial charge in [0, 0.05) is 19.1 Å². The number of nitrogens with one attached hydrogen (secondary N) is 1. The maximum atomic E-state index is 6.27. The number of piperidine rings is 1. The van der Waals surface area contributed by atoms with Crippen molar-refractivity contribution in [3.8, 4) is 0 Å². The average Bonchev–Trinajstić information content (AvgIpc) is 2.38. The number of benzene rings is 1. The molecule has 1 aliphatic rings. The van der Waals surface area contributed by atoms with Gasteiger partial charge in [-0.15, -0.1) is 0 Å². The van der Waals surface area contributed by atoms with E-state index in [1.165, 1.54) is 18.5 Å². The van der Waals surface area contributed by atoms with Gasteiger partial charge < -0.3 is 10.2 Å². The van der Waals surface area contributed by atoms with E-state index in [1.807, 2.05) is 12.1 Å². The average molecular weight is 267 g/mol. The van der Waals surface area contributed by atoms with Gasteiger partial charge >= 0.3 is 0 Å². The molecule has 1 aliphatic heterocycles. The number of halogens is 1. The Labute approximate surface area is 115 Å². The van der Waals surface area contributed by atoms with Crippen LogP contribution in [0.5, 0.6) is 0 Å². The molecule has 1 saturated heterocycles. The van der Waals surface area contributed by atoms with E-state index < -0.39 is 0 Å². The van der Waals surface area contributed by atoms with Crippen molar-refractivity contribution in [2.75, 3.05) is 24.5 Å². The highest BCUT2D eigenvalue weighted by molar-refractivity contribution is 6.33. The third kappa shape index (κ3) is 3.18. The van der Waals surface area contributed by atoms with Gasteiger partial charge in [-0.25, -0.2) is 0 Å². The van der Waals surface area contributed by atoms with Crippen LogP contribution in [-0.4, -0.2) is 25.7 Å². The maximum Gasteiger partial charge on any atom is 0.0639 e. The number of para-hydroxylation sites is 1. The normalized spacial score (nSPS) is 24.3. The Bertz CT molecular complexity index is 381. The molecule has 18 heavy (non-hydrogen) atoms. The van der Waals surface area contributed by atoms with Gasteiger partial charge in [0.25, 0.3) is 0 Å². The Hall–Kier alpha value is -0.730. The van der Waals surface area contributed by atoms with Crippen LogP contribution < -0.4 is 10.2 Å². The second kappa shape index (κ2) is 6.44. The van der Waals surface area contributed by atoms with E-state index in [-0.39, 0.29) is 0 Å². The molecule has 0 radical (unpaired) electrons. The molecule has 100 valence electrons. The van der Waals surface area contributed by atoms with Crippen molar-refractivity contribution in [2.24, 2.45) is 5.92 Å². The molecule has 0 amide bonds. The van der Waals surface area contributed by atoms with Crippen LogP contribution in [0, 0.1) is 5.92 Å². The Morgan fingerprint density at radius 1 is 1.39 bits per heavy atom. The van der Waals surface area contributed by atoms with Gasteiger partial charge in [0.2, 0.25) is 0 Å². The first-order valence-corrected chi connectivity index (χ1v) is 7.33. The van der Waals surface area contributed by atoms with Crippen LogP contribution >= 0.6 is 11.6 Å². The van der Waals surface area contributed by atoms with Crippen LogP contribution in [0.4, 0.5) is 5.69 Å². The van der Waals surface area contributed by atoms with Crippen molar-refractivity contribution in [1.29, 1.82) is 0 Å². The van der Waals surface area contributed by atoms with Gasteiger partial charge in [-0.05, 0) is 37.4 Å². The molecule has 1 fully saturated rings. The van der Waals surface area contributed by atoms with E-state index in [1.54, 1.807) is 0 Å². The smallest absolute Gasteiger partial charge is 0.0639 e. The molecule has 0 spiro atoms. The predicted molar refractivity (Wildman–Crippen MR) is 79.5 cm³/mol. The summed E-state index contributed by atoms with van der Waals surface area (Å²) in [5.41, 5.74) is 1.18. The highest BCUT2D eigenvalue weighted by atomic mass is 35.5. The van der Waals surface area contributed by atoms with Crippen molar-refractivity contribution >= 4 is 17.3 Å². The Morgan fingerprint density at radius 3 is 2.83 bits per heavy atom. The van der Waals surface area contributed by atoms with Crippen LogP contribution in [-0.2, 0) is 0 Å². The van der Waals surface area contributed by atoms with Crippen LogP contribution in [0.1, 0.15) is 26.7 Å². The second-order valence-electron chi connectivity index (χ2n) is 5.22. The number of rotatable bonds is 4. The minimum absolute atomic E-state index is 0.656. The zero-order valence-electron chi connectivity index (χ0n) is 11.3. The summed E-state index contributed by atoms with van der Waals surface area (Å²) in [6.07, 6.45) is 2.41. The van der Waals surface area contributed by atoms with Crippen LogP contribution in [0.15, 0.2) is 24.3 Å². The first kappa shape index (κ1) is 13.7. The van der Waals surface area contributed by atoms with Gasteiger partial charge in [-0.2, -0.15) is 0 Å². The summed E-state index contributed by atoms with van der Waals surface area (Å²) >= 11 is 6.27. The monoisotopic (exact) mass is 266 g/mol. The van der Waals surface area contributed by atoms with Crippen LogP contribution in [0.25, 0.3) is 0 Å². The summed E-state index contributed by atoms with van der Waals surface area (Å²) in [6, 6.07) is 8.80. The highest BCUT2D eigenvalue weighted by Gasteiger charge is 2.26. The van der Waals surface area contributed by atoms with Gasteiger partial charge in [-0.1, -0.05) is 37.6 Å². The van der Waals surface area contributed by atoms with E-state index in [9.17, 15) is 0 Å². The third-order valence-electron chi connectivity index (χ3n) is 3.75. The molecule has 2 unspecified atom stereocenters. The molecule has 0 saturated carbocycles. The molecule has 2 nitrogen and oxygen atoms in total. The highest BCUT2D eigenvalue weighted by Crippen LogP contribution is 2.29. The standard InChI is InChI=1S/C15H23ClN2/c1-3-9-17-14-8-10-18(11-12(14)2)15-7-5-4-6-13(15)16/h4-7,12,14,17H,3,8-11H2,1-2H3. The molecule has 2 atom stereocenters. The molecule has 0 aliphatic carbocycles. The summed E-state index contributed by atoms with van der Waals surface area (Å²) < 4.78 is 0. The van der Waals surface area contributed by atoms with Gasteiger partial charge in [0.15, 0.2) is 0 Å². The number of hydrogen-bond donors (Lipinski definition) is 1. The largest absolute Gasteiger partial charge is 0.370 e. The topological polar surface area (TPSA) is 15.3 Å². The van der Waals surface area contributed by atoms with E-state index in [4.69, 9.17) is 11.6 Å². The Kier molecular flexibility index (Phi) is 4.90. The van der Waals surface area contributed by atoms with Gasteiger partial charge in [0.1, 0.15) is 0 Å². The lowest BCUT2D eigenvalue weighted by molar-refractivity contribution is 0.322. The minimum Gasteiger partial charge on any atom is -0.370 e. The second-order valence-corrected chi connectivity index (χ2v) is 5.63. The fourth-order valence-electron chi connectivity index (χ4n) is 2.71. The molecule has 2 rings (SSSR count). The first-order chi connectivity index (χ1) is 8.72. The summed E-state index contributed by atoms with van der Waals surface area (Å²) in [7, 11) is 0. The van der Waals surface area contributed by atoms with Crippen LogP contribution in [0.2, 0.25) is 5.02 Å². The molecule has 0 bridgehead atoms. The molecule has 1 heterocycles. The maximum absolute atomic E-state index is 6.27. The molecule has 0 aromatic heterocycles. The number of anilines is 1. The fraction of sp³-hybridized carbons (Fsp3) is 0.600. The summed E-state index contributed by atoms with van der Waals surface area (Å²) in [5.74, 6) is 0.668. The summed E-state index contributed by atoms with van der Waals surface area (Å²) in [5, 5.41) is 4.51. The first-order valence-electron chi connectivity index (χ1n) is 6.95. The zero-order valence-corrected chi connectivity index (χ0v) is 12.1. The van der Waals surface area contributed by atoms with E-state index in [0.29, 0.717) is 12.0 Å². The lowest BCUT2D eigenvalue weighted by Gasteiger charge is -2.39. The fourth-order valence-corrected chi connectivity index (χ4v) is 2.96. The molecular weight excluding hydrogens is 244 g/mol. The van der Waals surface area contributed by atoms with E-state index in [0.717, 1.165) is 24.7 Å².